The summed E-state index contributed by atoms with van der Waals surface area (Å²) in [7, 11) is 0. The van der Waals surface area contributed by atoms with Crippen molar-refractivity contribution in [3.05, 3.63) is 28.2 Å². The molecule has 1 aliphatic rings. The molecule has 2 aromatic heterocycles. The third-order valence-corrected chi connectivity index (χ3v) is 4.75. The van der Waals surface area contributed by atoms with Crippen LogP contribution in [0.3, 0.4) is 0 Å². The van der Waals surface area contributed by atoms with Gasteiger partial charge in [0, 0.05) is 38.8 Å². The number of nitrogens with zero attached hydrogens (tertiary/aromatic N) is 5. The summed E-state index contributed by atoms with van der Waals surface area (Å²) >= 11 is 7.22. The predicted molar refractivity (Wildman–Crippen MR) is 80.6 cm³/mol. The zero-order valence-electron chi connectivity index (χ0n) is 11.5. The molecule has 0 aromatic carbocycles. The molecule has 1 aliphatic heterocycles. The first kappa shape index (κ1) is 14.3. The number of rotatable bonds is 3. The minimum atomic E-state index is 0.304. The van der Waals surface area contributed by atoms with Crippen LogP contribution in [-0.2, 0) is 6.54 Å². The maximum absolute atomic E-state index is 9.14. The van der Waals surface area contributed by atoms with E-state index in [1.54, 1.807) is 0 Å². The molecule has 8 heteroatoms. The van der Waals surface area contributed by atoms with Gasteiger partial charge >= 0.3 is 0 Å². The van der Waals surface area contributed by atoms with Gasteiger partial charge in [-0.1, -0.05) is 16.8 Å². The number of halogens is 1. The van der Waals surface area contributed by atoms with Crippen molar-refractivity contribution in [2.45, 2.75) is 13.5 Å². The highest BCUT2D eigenvalue weighted by atomic mass is 35.5. The van der Waals surface area contributed by atoms with Gasteiger partial charge in [0.1, 0.15) is 22.4 Å². The van der Waals surface area contributed by atoms with Crippen molar-refractivity contribution >= 4 is 28.1 Å². The van der Waals surface area contributed by atoms with Gasteiger partial charge in [-0.05, 0) is 18.5 Å². The SMILES string of the molecule is Cc1cc(CN2CCN(c3snc(Cl)c3C#N)CC2)no1. The lowest BCUT2D eigenvalue weighted by Crippen LogP contribution is -2.45. The van der Waals surface area contributed by atoms with Crippen LogP contribution in [0, 0.1) is 18.3 Å². The van der Waals surface area contributed by atoms with Crippen molar-refractivity contribution in [1.82, 2.24) is 14.4 Å². The molecule has 1 saturated heterocycles. The molecule has 21 heavy (non-hydrogen) atoms. The summed E-state index contributed by atoms with van der Waals surface area (Å²) in [4.78, 5) is 4.50. The largest absolute Gasteiger partial charge is 0.361 e. The number of nitriles is 1. The minimum absolute atomic E-state index is 0.304. The summed E-state index contributed by atoms with van der Waals surface area (Å²) in [6.07, 6.45) is 0. The van der Waals surface area contributed by atoms with Gasteiger partial charge < -0.3 is 9.42 Å². The van der Waals surface area contributed by atoms with Crippen LogP contribution >= 0.6 is 23.1 Å². The molecule has 0 radical (unpaired) electrons. The molecule has 0 spiro atoms. The van der Waals surface area contributed by atoms with Gasteiger partial charge in [-0.3, -0.25) is 4.90 Å². The average Bonchev–Trinajstić information content (AvgIpc) is 3.05. The van der Waals surface area contributed by atoms with Gasteiger partial charge in [0.25, 0.3) is 0 Å². The summed E-state index contributed by atoms with van der Waals surface area (Å²) in [5.41, 5.74) is 1.45. The Morgan fingerprint density at radius 3 is 2.81 bits per heavy atom. The van der Waals surface area contributed by atoms with Gasteiger partial charge in [-0.15, -0.1) is 0 Å². The molecular weight excluding hydrogens is 310 g/mol. The highest BCUT2D eigenvalue weighted by Crippen LogP contribution is 2.31. The second-order valence-corrected chi connectivity index (χ2v) is 6.07. The lowest BCUT2D eigenvalue weighted by molar-refractivity contribution is 0.242. The molecule has 0 unspecified atom stereocenters. The number of hydrogen-bond donors (Lipinski definition) is 0. The van der Waals surface area contributed by atoms with E-state index in [2.05, 4.69) is 25.4 Å². The fourth-order valence-corrected chi connectivity index (χ4v) is 3.48. The molecular formula is C13H14ClN5OS. The highest BCUT2D eigenvalue weighted by molar-refractivity contribution is 7.10. The fraction of sp³-hybridized carbons (Fsp3) is 0.462. The lowest BCUT2D eigenvalue weighted by Gasteiger charge is -2.34. The Balaban J connectivity index is 1.61. The van der Waals surface area contributed by atoms with E-state index in [9.17, 15) is 0 Å². The molecule has 3 heterocycles. The van der Waals surface area contributed by atoms with E-state index >= 15 is 0 Å². The maximum Gasteiger partial charge on any atom is 0.162 e. The number of anilines is 1. The van der Waals surface area contributed by atoms with E-state index in [-0.39, 0.29) is 0 Å². The van der Waals surface area contributed by atoms with E-state index in [1.807, 2.05) is 13.0 Å². The first-order valence-electron chi connectivity index (χ1n) is 6.62. The van der Waals surface area contributed by atoms with Crippen LogP contribution in [0.15, 0.2) is 10.6 Å². The zero-order valence-corrected chi connectivity index (χ0v) is 13.1. The van der Waals surface area contributed by atoms with Gasteiger partial charge in [-0.2, -0.15) is 9.64 Å². The second kappa shape index (κ2) is 6.02. The summed E-state index contributed by atoms with van der Waals surface area (Å²) in [6.45, 7) is 6.21. The van der Waals surface area contributed by atoms with Gasteiger partial charge in [-0.25, -0.2) is 0 Å². The van der Waals surface area contributed by atoms with Crippen LogP contribution in [0.4, 0.5) is 5.00 Å². The first-order valence-corrected chi connectivity index (χ1v) is 7.77. The summed E-state index contributed by atoms with van der Waals surface area (Å²) in [6, 6.07) is 4.09. The van der Waals surface area contributed by atoms with Crippen molar-refractivity contribution in [2.75, 3.05) is 31.1 Å². The van der Waals surface area contributed by atoms with E-state index in [0.717, 1.165) is 49.2 Å². The van der Waals surface area contributed by atoms with Crippen LogP contribution in [0.5, 0.6) is 0 Å². The van der Waals surface area contributed by atoms with Crippen LogP contribution in [0.2, 0.25) is 5.15 Å². The van der Waals surface area contributed by atoms with Crippen molar-refractivity contribution in [2.24, 2.45) is 0 Å². The standard InChI is InChI=1S/C13H14ClN5OS/c1-9-6-10(16-20-9)8-18-2-4-19(5-3-18)13-11(7-15)12(14)17-21-13/h6H,2-5,8H2,1H3. The Bertz CT molecular complexity index is 668. The fourth-order valence-electron chi connectivity index (χ4n) is 2.40. The molecule has 2 aromatic rings. The normalized spacial score (nSPS) is 16.1. The number of aromatic nitrogens is 2. The Kier molecular flexibility index (Phi) is 4.10. The molecule has 0 atom stereocenters. The van der Waals surface area contributed by atoms with Crippen LogP contribution in [0.1, 0.15) is 17.0 Å². The van der Waals surface area contributed by atoms with Gasteiger partial charge in [0.2, 0.25) is 0 Å². The Morgan fingerprint density at radius 1 is 1.43 bits per heavy atom. The molecule has 6 nitrogen and oxygen atoms in total. The zero-order chi connectivity index (χ0) is 14.8. The highest BCUT2D eigenvalue weighted by Gasteiger charge is 2.23. The number of piperazine rings is 1. The lowest BCUT2D eigenvalue weighted by atomic mass is 10.2. The third kappa shape index (κ3) is 3.02. The molecule has 110 valence electrons. The monoisotopic (exact) mass is 323 g/mol. The minimum Gasteiger partial charge on any atom is -0.361 e. The molecule has 0 bridgehead atoms. The maximum atomic E-state index is 9.14. The van der Waals surface area contributed by atoms with E-state index in [4.69, 9.17) is 21.4 Å². The molecule has 0 N–H and O–H groups in total. The average molecular weight is 324 g/mol. The van der Waals surface area contributed by atoms with E-state index in [0.29, 0.717) is 10.7 Å². The summed E-state index contributed by atoms with van der Waals surface area (Å²) in [5.74, 6) is 0.835. The summed E-state index contributed by atoms with van der Waals surface area (Å²) in [5, 5.41) is 14.3. The molecule has 0 amide bonds. The van der Waals surface area contributed by atoms with Crippen LogP contribution in [-0.4, -0.2) is 40.6 Å². The van der Waals surface area contributed by atoms with Crippen LogP contribution in [0.25, 0.3) is 0 Å². The topological polar surface area (TPSA) is 69.2 Å². The number of hydrogen-bond acceptors (Lipinski definition) is 7. The quantitative estimate of drug-likeness (QED) is 0.863. The third-order valence-electron chi connectivity index (χ3n) is 3.47. The Hall–Kier alpha value is -1.62. The van der Waals surface area contributed by atoms with Crippen molar-refractivity contribution in [1.29, 1.82) is 5.26 Å². The Morgan fingerprint density at radius 2 is 2.19 bits per heavy atom. The molecule has 0 aliphatic carbocycles. The Labute approximate surface area is 131 Å². The first-order chi connectivity index (χ1) is 10.2. The number of aryl methyl sites for hydroxylation is 1. The smallest absolute Gasteiger partial charge is 0.162 e. The van der Waals surface area contributed by atoms with Crippen molar-refractivity contribution in [3.8, 4) is 6.07 Å². The summed E-state index contributed by atoms with van der Waals surface area (Å²) < 4.78 is 9.14. The van der Waals surface area contributed by atoms with E-state index in [1.165, 1.54) is 11.5 Å². The molecule has 3 rings (SSSR count). The molecule has 1 fully saturated rings. The van der Waals surface area contributed by atoms with Crippen molar-refractivity contribution < 1.29 is 4.52 Å². The molecule has 0 saturated carbocycles. The second-order valence-electron chi connectivity index (χ2n) is 4.96. The van der Waals surface area contributed by atoms with Crippen LogP contribution < -0.4 is 4.90 Å². The predicted octanol–water partition coefficient (Wildman–Crippen LogP) is 2.29. The van der Waals surface area contributed by atoms with Crippen molar-refractivity contribution in [3.63, 3.8) is 0 Å². The van der Waals surface area contributed by atoms with E-state index < -0.39 is 0 Å². The van der Waals surface area contributed by atoms with Gasteiger partial charge in [0.05, 0.1) is 5.69 Å². The van der Waals surface area contributed by atoms with Gasteiger partial charge in [0.15, 0.2) is 5.15 Å².